The van der Waals surface area contributed by atoms with Crippen molar-refractivity contribution in [2.24, 2.45) is 0 Å². The summed E-state index contributed by atoms with van der Waals surface area (Å²) in [5.74, 6) is 0.0275. The van der Waals surface area contributed by atoms with Crippen LogP contribution in [0.2, 0.25) is 0 Å². The Bertz CT molecular complexity index is 398. The second kappa shape index (κ2) is 6.51. The lowest BCUT2D eigenvalue weighted by Crippen LogP contribution is -2.24. The Morgan fingerprint density at radius 3 is 2.71 bits per heavy atom. The van der Waals surface area contributed by atoms with Gasteiger partial charge < -0.3 is 9.80 Å². The molecule has 0 aliphatic heterocycles. The third-order valence-electron chi connectivity index (χ3n) is 2.33. The number of amides is 1. The first-order chi connectivity index (χ1) is 8.00. The molecule has 0 atom stereocenters. The number of rotatable bonds is 5. The highest BCUT2D eigenvalue weighted by atomic mass is 32.1. The number of carbonyl (C=O) groups is 1. The first kappa shape index (κ1) is 13.9. The maximum absolute atomic E-state index is 11.8. The van der Waals surface area contributed by atoms with Crippen LogP contribution >= 0.6 is 11.3 Å². The highest BCUT2D eigenvalue weighted by molar-refractivity contribution is 7.09. The first-order valence-corrected chi connectivity index (χ1v) is 6.34. The largest absolute Gasteiger partial charge is 0.337 e. The van der Waals surface area contributed by atoms with E-state index in [1.165, 1.54) is 0 Å². The van der Waals surface area contributed by atoms with Gasteiger partial charge >= 0.3 is 0 Å². The van der Waals surface area contributed by atoms with Crippen molar-refractivity contribution in [1.29, 1.82) is 0 Å². The summed E-state index contributed by atoms with van der Waals surface area (Å²) in [7, 11) is 5.75. The Hall–Kier alpha value is -1.20. The van der Waals surface area contributed by atoms with Crippen molar-refractivity contribution in [3.63, 3.8) is 0 Å². The number of hydrogen-bond acceptors (Lipinski definition) is 4. The standard InChI is InChI=1S/C12H19N3OS/c1-10-11(17-9-13-10)8-15(4)12(16)6-5-7-14(2)3/h5-6,9H,7-8H2,1-4H3/b6-5+. The van der Waals surface area contributed by atoms with Crippen LogP contribution in [0.15, 0.2) is 17.7 Å². The van der Waals surface area contributed by atoms with Gasteiger partial charge in [0.15, 0.2) is 0 Å². The lowest BCUT2D eigenvalue weighted by molar-refractivity contribution is -0.125. The molecule has 0 fully saturated rings. The van der Waals surface area contributed by atoms with E-state index in [2.05, 4.69) is 4.98 Å². The third kappa shape index (κ3) is 4.66. The van der Waals surface area contributed by atoms with Crippen LogP contribution in [0.25, 0.3) is 0 Å². The Morgan fingerprint density at radius 2 is 2.18 bits per heavy atom. The van der Waals surface area contributed by atoms with Gasteiger partial charge in [-0.1, -0.05) is 6.08 Å². The normalized spacial score (nSPS) is 11.4. The summed E-state index contributed by atoms with van der Waals surface area (Å²) in [6, 6.07) is 0. The summed E-state index contributed by atoms with van der Waals surface area (Å²) >= 11 is 1.59. The van der Waals surface area contributed by atoms with Gasteiger partial charge in [-0.25, -0.2) is 4.98 Å². The second-order valence-corrected chi connectivity index (χ2v) is 5.16. The lowest BCUT2D eigenvalue weighted by atomic mass is 10.3. The van der Waals surface area contributed by atoms with E-state index in [1.54, 1.807) is 22.3 Å². The quantitative estimate of drug-likeness (QED) is 0.747. The molecule has 1 aromatic heterocycles. The number of likely N-dealkylation sites (N-methyl/N-ethyl adjacent to an activating group) is 2. The van der Waals surface area contributed by atoms with Gasteiger partial charge in [-0.3, -0.25) is 4.79 Å². The van der Waals surface area contributed by atoms with Gasteiger partial charge in [-0.2, -0.15) is 0 Å². The average Bonchev–Trinajstić information content (AvgIpc) is 2.63. The zero-order valence-electron chi connectivity index (χ0n) is 10.8. The minimum absolute atomic E-state index is 0.0275. The molecule has 0 aliphatic carbocycles. The fourth-order valence-electron chi connectivity index (χ4n) is 1.26. The van der Waals surface area contributed by atoms with Crippen LogP contribution in [-0.4, -0.2) is 48.4 Å². The second-order valence-electron chi connectivity index (χ2n) is 4.22. The third-order valence-corrected chi connectivity index (χ3v) is 3.25. The van der Waals surface area contributed by atoms with E-state index in [0.717, 1.165) is 17.1 Å². The topological polar surface area (TPSA) is 36.4 Å². The molecule has 1 amide bonds. The van der Waals surface area contributed by atoms with Crippen LogP contribution in [0, 0.1) is 6.92 Å². The summed E-state index contributed by atoms with van der Waals surface area (Å²) in [5, 5.41) is 0. The molecule has 0 radical (unpaired) electrons. The van der Waals surface area contributed by atoms with Crippen molar-refractivity contribution in [2.75, 3.05) is 27.7 Å². The predicted molar refractivity (Wildman–Crippen MR) is 71.0 cm³/mol. The molecule has 94 valence electrons. The molecule has 17 heavy (non-hydrogen) atoms. The van der Waals surface area contributed by atoms with E-state index >= 15 is 0 Å². The van der Waals surface area contributed by atoms with Gasteiger partial charge in [-0.15, -0.1) is 11.3 Å². The van der Waals surface area contributed by atoms with E-state index in [4.69, 9.17) is 0 Å². The number of thiazole rings is 1. The van der Waals surface area contributed by atoms with Crippen LogP contribution in [0.5, 0.6) is 0 Å². The Kier molecular flexibility index (Phi) is 5.31. The smallest absolute Gasteiger partial charge is 0.246 e. The SMILES string of the molecule is Cc1ncsc1CN(C)C(=O)/C=C/CN(C)C. The Labute approximate surface area is 107 Å². The van der Waals surface area contributed by atoms with Gasteiger partial charge in [0, 0.05) is 24.5 Å². The van der Waals surface area contributed by atoms with Crippen LogP contribution in [0.4, 0.5) is 0 Å². The van der Waals surface area contributed by atoms with E-state index in [9.17, 15) is 4.79 Å². The highest BCUT2D eigenvalue weighted by Gasteiger charge is 2.08. The van der Waals surface area contributed by atoms with Crippen LogP contribution in [0.3, 0.4) is 0 Å². The molecule has 1 rings (SSSR count). The minimum Gasteiger partial charge on any atom is -0.337 e. The van der Waals surface area contributed by atoms with E-state index in [0.29, 0.717) is 6.54 Å². The number of aryl methyl sites for hydroxylation is 1. The fourth-order valence-corrected chi connectivity index (χ4v) is 2.09. The molecule has 0 bridgehead atoms. The maximum atomic E-state index is 11.8. The highest BCUT2D eigenvalue weighted by Crippen LogP contribution is 2.14. The number of nitrogens with zero attached hydrogens (tertiary/aromatic N) is 3. The zero-order valence-corrected chi connectivity index (χ0v) is 11.6. The number of carbonyl (C=O) groups excluding carboxylic acids is 1. The average molecular weight is 253 g/mol. The van der Waals surface area contributed by atoms with E-state index in [-0.39, 0.29) is 5.91 Å². The molecule has 5 heteroatoms. The molecule has 1 heterocycles. The van der Waals surface area contributed by atoms with Crippen LogP contribution < -0.4 is 0 Å². The molecule has 4 nitrogen and oxygen atoms in total. The molecule has 0 spiro atoms. The first-order valence-electron chi connectivity index (χ1n) is 5.46. The summed E-state index contributed by atoms with van der Waals surface area (Å²) in [4.78, 5) is 20.8. The van der Waals surface area contributed by atoms with E-state index in [1.807, 2.05) is 44.6 Å². The van der Waals surface area contributed by atoms with Crippen LogP contribution in [-0.2, 0) is 11.3 Å². The summed E-state index contributed by atoms with van der Waals surface area (Å²) in [5.41, 5.74) is 2.82. The summed E-state index contributed by atoms with van der Waals surface area (Å²) in [6.45, 7) is 3.37. The van der Waals surface area contributed by atoms with Crippen molar-refractivity contribution in [3.05, 3.63) is 28.2 Å². The zero-order chi connectivity index (χ0) is 12.8. The number of aromatic nitrogens is 1. The molecule has 0 aromatic carbocycles. The predicted octanol–water partition coefficient (Wildman–Crippen LogP) is 1.53. The summed E-state index contributed by atoms with van der Waals surface area (Å²) in [6.07, 6.45) is 3.49. The molecule has 0 N–H and O–H groups in total. The minimum atomic E-state index is 0.0275. The molecule has 0 saturated carbocycles. The summed E-state index contributed by atoms with van der Waals surface area (Å²) < 4.78 is 0. The van der Waals surface area contributed by atoms with Crippen LogP contribution in [0.1, 0.15) is 10.6 Å². The number of hydrogen-bond donors (Lipinski definition) is 0. The van der Waals surface area contributed by atoms with Gasteiger partial charge in [0.25, 0.3) is 0 Å². The van der Waals surface area contributed by atoms with Crippen molar-refractivity contribution in [3.8, 4) is 0 Å². The molecule has 0 saturated heterocycles. The lowest BCUT2D eigenvalue weighted by Gasteiger charge is -2.14. The van der Waals surface area contributed by atoms with Crippen molar-refractivity contribution < 1.29 is 4.79 Å². The molecule has 0 aliphatic rings. The monoisotopic (exact) mass is 253 g/mol. The molecule has 0 unspecified atom stereocenters. The van der Waals surface area contributed by atoms with E-state index < -0.39 is 0 Å². The maximum Gasteiger partial charge on any atom is 0.246 e. The molecular weight excluding hydrogens is 234 g/mol. The Balaban J connectivity index is 2.48. The van der Waals surface area contributed by atoms with Gasteiger partial charge in [0.05, 0.1) is 17.7 Å². The van der Waals surface area contributed by atoms with Crippen molar-refractivity contribution in [2.45, 2.75) is 13.5 Å². The Morgan fingerprint density at radius 1 is 1.47 bits per heavy atom. The molecule has 1 aromatic rings. The van der Waals surface area contributed by atoms with Crippen molar-refractivity contribution >= 4 is 17.2 Å². The molecular formula is C12H19N3OS. The van der Waals surface area contributed by atoms with Gasteiger partial charge in [0.1, 0.15) is 0 Å². The van der Waals surface area contributed by atoms with Crippen molar-refractivity contribution in [1.82, 2.24) is 14.8 Å². The van der Waals surface area contributed by atoms with Gasteiger partial charge in [0.2, 0.25) is 5.91 Å². The fraction of sp³-hybridized carbons (Fsp3) is 0.500. The van der Waals surface area contributed by atoms with Gasteiger partial charge in [-0.05, 0) is 21.0 Å².